The van der Waals surface area contributed by atoms with Crippen LogP contribution in [0.3, 0.4) is 0 Å². The van der Waals surface area contributed by atoms with Gasteiger partial charge in [0.25, 0.3) is 0 Å². The highest BCUT2D eigenvalue weighted by molar-refractivity contribution is 5.31. The van der Waals surface area contributed by atoms with Crippen LogP contribution in [-0.2, 0) is 0 Å². The van der Waals surface area contributed by atoms with E-state index in [0.717, 1.165) is 6.42 Å². The van der Waals surface area contributed by atoms with Crippen molar-refractivity contribution in [3.63, 3.8) is 0 Å². The summed E-state index contributed by atoms with van der Waals surface area (Å²) in [5.74, 6) is 0. The molecule has 2 rings (SSSR count). The van der Waals surface area contributed by atoms with Gasteiger partial charge in [-0.1, -0.05) is 26.3 Å². The molecular weight excluding hydrogens is 172 g/mol. The smallest absolute Gasteiger partial charge is 0.0750 e. The van der Waals surface area contributed by atoms with Gasteiger partial charge in [-0.15, -0.1) is 0 Å². The molecule has 1 saturated carbocycles. The molecule has 0 saturated heterocycles. The molecule has 2 unspecified atom stereocenters. The van der Waals surface area contributed by atoms with E-state index in [1.54, 1.807) is 5.57 Å². The van der Waals surface area contributed by atoms with Gasteiger partial charge < -0.3 is 5.11 Å². The van der Waals surface area contributed by atoms with Crippen LogP contribution in [0.2, 0.25) is 0 Å². The minimum Gasteiger partial charge on any atom is -0.389 e. The molecule has 0 aliphatic heterocycles. The van der Waals surface area contributed by atoms with E-state index in [-0.39, 0.29) is 6.10 Å². The number of rotatable bonds is 0. The lowest BCUT2D eigenvalue weighted by atomic mass is 9.72. The van der Waals surface area contributed by atoms with E-state index in [4.69, 9.17) is 0 Å². The molecule has 0 bridgehead atoms. The summed E-state index contributed by atoms with van der Waals surface area (Å²) in [5.41, 5.74) is 3.66. The predicted octanol–water partition coefficient (Wildman–Crippen LogP) is 3.28. The van der Waals surface area contributed by atoms with Crippen LogP contribution in [0, 0.1) is 10.8 Å². The normalized spacial score (nSPS) is 41.4. The molecule has 1 fully saturated rings. The number of aliphatic hydroxyl groups is 1. The molecule has 2 aliphatic carbocycles. The molecule has 1 nitrogen and oxygen atoms in total. The van der Waals surface area contributed by atoms with Crippen molar-refractivity contribution < 1.29 is 5.11 Å². The van der Waals surface area contributed by atoms with Crippen molar-refractivity contribution in [2.24, 2.45) is 10.8 Å². The lowest BCUT2D eigenvalue weighted by Crippen LogP contribution is -2.27. The summed E-state index contributed by atoms with van der Waals surface area (Å²) >= 11 is 0. The minimum absolute atomic E-state index is 0.160. The van der Waals surface area contributed by atoms with Gasteiger partial charge in [0, 0.05) is 0 Å². The fraction of sp³-hybridized carbons (Fsp3) is 0.846. The Labute approximate surface area is 87.2 Å². The van der Waals surface area contributed by atoms with Gasteiger partial charge in [-0.25, -0.2) is 0 Å². The van der Waals surface area contributed by atoms with Crippen molar-refractivity contribution in [1.82, 2.24) is 0 Å². The number of allylic oxidation sites excluding steroid dienone is 1. The number of hydrogen-bond acceptors (Lipinski definition) is 1. The largest absolute Gasteiger partial charge is 0.389 e. The Bertz CT molecular complexity index is 288. The molecule has 0 radical (unpaired) electrons. The maximum absolute atomic E-state index is 9.85. The van der Waals surface area contributed by atoms with Crippen molar-refractivity contribution in [2.45, 2.75) is 59.5 Å². The van der Waals surface area contributed by atoms with Crippen LogP contribution in [0.1, 0.15) is 53.4 Å². The lowest BCUT2D eigenvalue weighted by Gasteiger charge is -2.35. The highest BCUT2D eigenvalue weighted by Crippen LogP contribution is 2.58. The van der Waals surface area contributed by atoms with E-state index in [2.05, 4.69) is 27.7 Å². The third-order valence-electron chi connectivity index (χ3n) is 4.20. The summed E-state index contributed by atoms with van der Waals surface area (Å²) in [7, 11) is 0. The summed E-state index contributed by atoms with van der Waals surface area (Å²) < 4.78 is 0. The first-order chi connectivity index (χ1) is 6.34. The van der Waals surface area contributed by atoms with E-state index in [1.807, 2.05) is 0 Å². The Hall–Kier alpha value is -0.300. The first kappa shape index (κ1) is 10.2. The molecule has 0 spiro atoms. The molecule has 0 aromatic carbocycles. The Balaban J connectivity index is 2.42. The third-order valence-corrected chi connectivity index (χ3v) is 4.20. The van der Waals surface area contributed by atoms with Crippen LogP contribution < -0.4 is 0 Å². The molecule has 2 aliphatic rings. The fourth-order valence-corrected chi connectivity index (χ4v) is 3.64. The van der Waals surface area contributed by atoms with Gasteiger partial charge in [0.05, 0.1) is 6.10 Å². The zero-order chi connectivity index (χ0) is 10.6. The average Bonchev–Trinajstić information content (AvgIpc) is 2.30. The van der Waals surface area contributed by atoms with Crippen LogP contribution in [0.5, 0.6) is 0 Å². The summed E-state index contributed by atoms with van der Waals surface area (Å²) in [6.45, 7) is 9.21. The molecule has 80 valence electrons. The Morgan fingerprint density at radius 2 is 1.93 bits per heavy atom. The summed E-state index contributed by atoms with van der Waals surface area (Å²) in [5, 5.41) is 9.85. The average molecular weight is 194 g/mol. The van der Waals surface area contributed by atoms with Crippen LogP contribution >= 0.6 is 0 Å². The topological polar surface area (TPSA) is 20.2 Å². The van der Waals surface area contributed by atoms with E-state index in [9.17, 15) is 5.11 Å². The number of aliphatic hydroxyl groups excluding tert-OH is 1. The first-order valence-corrected chi connectivity index (χ1v) is 5.72. The van der Waals surface area contributed by atoms with Crippen molar-refractivity contribution in [3.8, 4) is 0 Å². The van der Waals surface area contributed by atoms with Gasteiger partial charge in [0.15, 0.2) is 0 Å². The number of fused-ring (bicyclic) bond motifs is 1. The molecule has 0 aromatic rings. The highest BCUT2D eigenvalue weighted by atomic mass is 16.3. The Morgan fingerprint density at radius 3 is 2.57 bits per heavy atom. The van der Waals surface area contributed by atoms with E-state index >= 15 is 0 Å². The van der Waals surface area contributed by atoms with Crippen molar-refractivity contribution in [1.29, 1.82) is 0 Å². The highest BCUT2D eigenvalue weighted by Gasteiger charge is 2.46. The summed E-state index contributed by atoms with van der Waals surface area (Å²) in [4.78, 5) is 0. The molecule has 0 aromatic heterocycles. The van der Waals surface area contributed by atoms with Gasteiger partial charge in [-0.3, -0.25) is 0 Å². The van der Waals surface area contributed by atoms with Gasteiger partial charge in [0.2, 0.25) is 0 Å². The van der Waals surface area contributed by atoms with Crippen LogP contribution in [0.25, 0.3) is 0 Å². The second-order valence-corrected chi connectivity index (χ2v) is 6.29. The van der Waals surface area contributed by atoms with E-state index < -0.39 is 0 Å². The maximum atomic E-state index is 9.85. The quantitative estimate of drug-likeness (QED) is 0.587. The predicted molar refractivity (Wildman–Crippen MR) is 59.1 cm³/mol. The van der Waals surface area contributed by atoms with Gasteiger partial charge in [-0.2, -0.15) is 0 Å². The fourth-order valence-electron chi connectivity index (χ4n) is 3.64. The molecule has 2 atom stereocenters. The van der Waals surface area contributed by atoms with E-state index in [0.29, 0.717) is 10.8 Å². The Kier molecular flexibility index (Phi) is 2.08. The van der Waals surface area contributed by atoms with E-state index in [1.165, 1.54) is 24.8 Å². The molecule has 0 heterocycles. The van der Waals surface area contributed by atoms with Crippen molar-refractivity contribution in [2.75, 3.05) is 0 Å². The zero-order valence-electron chi connectivity index (χ0n) is 9.85. The van der Waals surface area contributed by atoms with Crippen LogP contribution in [-0.4, -0.2) is 11.2 Å². The monoisotopic (exact) mass is 194 g/mol. The third kappa shape index (κ3) is 1.42. The molecule has 0 amide bonds. The molecular formula is C13H22O. The van der Waals surface area contributed by atoms with Gasteiger partial charge in [0.1, 0.15) is 0 Å². The first-order valence-electron chi connectivity index (χ1n) is 5.72. The van der Waals surface area contributed by atoms with Crippen molar-refractivity contribution >= 4 is 0 Å². The van der Waals surface area contributed by atoms with Crippen molar-refractivity contribution in [3.05, 3.63) is 11.1 Å². The summed E-state index contributed by atoms with van der Waals surface area (Å²) in [6.07, 6.45) is 4.45. The zero-order valence-corrected chi connectivity index (χ0v) is 9.85. The second kappa shape index (κ2) is 2.85. The molecule has 1 heteroatoms. The van der Waals surface area contributed by atoms with Crippen LogP contribution in [0.4, 0.5) is 0 Å². The SMILES string of the molecule is CC1=C2CC(C)(C)CC2(C)CCC1O. The number of hydrogen-bond donors (Lipinski definition) is 1. The second-order valence-electron chi connectivity index (χ2n) is 6.29. The van der Waals surface area contributed by atoms with Crippen LogP contribution in [0.15, 0.2) is 11.1 Å². The molecule has 14 heavy (non-hydrogen) atoms. The standard InChI is InChI=1S/C13H22O/c1-9-10-7-12(2,3)8-13(10,4)6-5-11(9)14/h11,14H,5-8H2,1-4H3. The minimum atomic E-state index is -0.160. The van der Waals surface area contributed by atoms with Gasteiger partial charge >= 0.3 is 0 Å². The lowest BCUT2D eigenvalue weighted by molar-refractivity contribution is 0.153. The Morgan fingerprint density at radius 1 is 1.29 bits per heavy atom. The summed E-state index contributed by atoms with van der Waals surface area (Å²) in [6, 6.07) is 0. The van der Waals surface area contributed by atoms with Gasteiger partial charge in [-0.05, 0) is 49.0 Å². The molecule has 1 N–H and O–H groups in total. The maximum Gasteiger partial charge on any atom is 0.0750 e.